The van der Waals surface area contributed by atoms with Gasteiger partial charge in [-0.25, -0.2) is 4.98 Å². The van der Waals surface area contributed by atoms with Crippen LogP contribution in [0.4, 0.5) is 0 Å². The van der Waals surface area contributed by atoms with Crippen LogP contribution in [-0.2, 0) is 18.6 Å². The summed E-state index contributed by atoms with van der Waals surface area (Å²) in [6.07, 6.45) is 8.16. The molecule has 0 saturated heterocycles. The molecule has 1 unspecified atom stereocenters. The molecule has 2 aromatic rings. The van der Waals surface area contributed by atoms with Crippen LogP contribution >= 0.6 is 11.8 Å². The van der Waals surface area contributed by atoms with Crippen molar-refractivity contribution in [3.63, 3.8) is 0 Å². The number of thioether (sulfide) groups is 1. The van der Waals surface area contributed by atoms with Crippen LogP contribution < -0.4 is 11.1 Å². The smallest absolute Gasteiger partial charge is 0.195 e. The van der Waals surface area contributed by atoms with Crippen molar-refractivity contribution in [2.45, 2.75) is 38.4 Å². The van der Waals surface area contributed by atoms with Crippen molar-refractivity contribution in [3.05, 3.63) is 59.2 Å². The molecule has 1 aromatic heterocycles. The van der Waals surface area contributed by atoms with E-state index in [4.69, 9.17) is 10.7 Å². The summed E-state index contributed by atoms with van der Waals surface area (Å²) in [4.78, 5) is 9.27. The highest BCUT2D eigenvalue weighted by atomic mass is 32.2. The average molecular weight is 370 g/mol. The molecule has 26 heavy (non-hydrogen) atoms. The predicted octanol–water partition coefficient (Wildman–Crippen LogP) is 3.37. The molecule has 1 aliphatic heterocycles. The number of nitrogens with one attached hydrogen (secondary N) is 1. The molecule has 0 aliphatic carbocycles. The number of aryl methyl sites for hydroxylation is 1. The molecular formula is C20H27N5S. The third-order valence-electron chi connectivity index (χ3n) is 4.65. The third kappa shape index (κ3) is 3.96. The number of rotatable bonds is 7. The lowest BCUT2D eigenvalue weighted by Gasteiger charge is -2.20. The van der Waals surface area contributed by atoms with E-state index in [1.54, 1.807) is 11.8 Å². The SMILES string of the molecule is CCc1ccccc1CC(C)c1ncc(CSC)n1C1=CCNC(N)=N1. The first-order valence-electron chi connectivity index (χ1n) is 9.04. The molecule has 0 amide bonds. The normalized spacial score (nSPS) is 15.2. The average Bonchev–Trinajstić information content (AvgIpc) is 3.06. The minimum Gasteiger partial charge on any atom is -0.370 e. The van der Waals surface area contributed by atoms with Gasteiger partial charge in [-0.1, -0.05) is 38.1 Å². The zero-order chi connectivity index (χ0) is 18.5. The zero-order valence-corrected chi connectivity index (χ0v) is 16.5. The molecule has 6 heteroatoms. The zero-order valence-electron chi connectivity index (χ0n) is 15.7. The first kappa shape index (κ1) is 18.6. The van der Waals surface area contributed by atoms with Crippen molar-refractivity contribution in [2.75, 3.05) is 12.8 Å². The van der Waals surface area contributed by atoms with Crippen LogP contribution in [0.3, 0.4) is 0 Å². The van der Waals surface area contributed by atoms with Crippen molar-refractivity contribution < 1.29 is 0 Å². The molecular weight excluding hydrogens is 342 g/mol. The molecule has 2 heterocycles. The van der Waals surface area contributed by atoms with E-state index in [1.165, 1.54) is 11.1 Å². The Bertz CT molecular complexity index is 821. The highest BCUT2D eigenvalue weighted by Gasteiger charge is 2.20. The van der Waals surface area contributed by atoms with Gasteiger partial charge >= 0.3 is 0 Å². The highest BCUT2D eigenvalue weighted by Crippen LogP contribution is 2.27. The van der Waals surface area contributed by atoms with Gasteiger partial charge in [-0.3, -0.25) is 4.57 Å². The van der Waals surface area contributed by atoms with Crippen molar-refractivity contribution in [1.29, 1.82) is 0 Å². The maximum Gasteiger partial charge on any atom is 0.195 e. The summed E-state index contributed by atoms with van der Waals surface area (Å²) >= 11 is 1.79. The molecule has 0 saturated carbocycles. The summed E-state index contributed by atoms with van der Waals surface area (Å²) in [5.74, 6) is 3.55. The summed E-state index contributed by atoms with van der Waals surface area (Å²) in [6.45, 7) is 5.13. The summed E-state index contributed by atoms with van der Waals surface area (Å²) in [7, 11) is 0. The number of imidazole rings is 1. The van der Waals surface area contributed by atoms with Gasteiger partial charge in [0.2, 0.25) is 0 Å². The van der Waals surface area contributed by atoms with Crippen molar-refractivity contribution in [2.24, 2.45) is 10.7 Å². The largest absolute Gasteiger partial charge is 0.370 e. The quantitative estimate of drug-likeness (QED) is 0.785. The van der Waals surface area contributed by atoms with Crippen molar-refractivity contribution in [1.82, 2.24) is 14.9 Å². The van der Waals surface area contributed by atoms with Gasteiger partial charge in [-0.15, -0.1) is 0 Å². The number of nitrogens with two attached hydrogens (primary N) is 1. The molecule has 0 spiro atoms. The molecule has 1 atom stereocenters. The van der Waals surface area contributed by atoms with Crippen LogP contribution in [0.15, 0.2) is 41.5 Å². The molecule has 5 nitrogen and oxygen atoms in total. The van der Waals surface area contributed by atoms with E-state index < -0.39 is 0 Å². The van der Waals surface area contributed by atoms with E-state index in [2.05, 4.69) is 65.3 Å². The van der Waals surface area contributed by atoms with Gasteiger partial charge in [0.15, 0.2) is 5.96 Å². The first-order chi connectivity index (χ1) is 12.6. The van der Waals surface area contributed by atoms with Crippen LogP contribution in [0.1, 0.15) is 42.4 Å². The molecule has 1 aromatic carbocycles. The standard InChI is InChI=1S/C20H27N5S/c1-4-15-7-5-6-8-16(15)11-14(2)19-23-12-17(13-26-3)25(19)18-9-10-22-20(21)24-18/h5-9,12,14H,4,10-11,13H2,1-3H3,(H3,21,22,24). The lowest BCUT2D eigenvalue weighted by molar-refractivity contribution is 0.675. The summed E-state index contributed by atoms with van der Waals surface area (Å²) in [5, 5.41) is 3.04. The Morgan fingerprint density at radius 1 is 1.31 bits per heavy atom. The minimum absolute atomic E-state index is 0.283. The van der Waals surface area contributed by atoms with Gasteiger partial charge in [0.25, 0.3) is 0 Å². The Morgan fingerprint density at radius 2 is 2.08 bits per heavy atom. The van der Waals surface area contributed by atoms with E-state index in [-0.39, 0.29) is 5.92 Å². The van der Waals surface area contributed by atoms with Crippen LogP contribution in [-0.4, -0.2) is 28.3 Å². The molecule has 0 bridgehead atoms. The lowest BCUT2D eigenvalue weighted by atomic mass is 9.95. The fourth-order valence-corrected chi connectivity index (χ4v) is 3.88. The van der Waals surface area contributed by atoms with E-state index in [0.29, 0.717) is 12.5 Å². The molecule has 3 rings (SSSR count). The van der Waals surface area contributed by atoms with Crippen LogP contribution in [0.25, 0.3) is 5.82 Å². The first-order valence-corrected chi connectivity index (χ1v) is 10.4. The molecule has 138 valence electrons. The van der Waals surface area contributed by atoms with Gasteiger partial charge in [0, 0.05) is 24.4 Å². The number of hydrogen-bond donors (Lipinski definition) is 2. The Morgan fingerprint density at radius 3 is 2.77 bits per heavy atom. The second kappa shape index (κ2) is 8.45. The van der Waals surface area contributed by atoms with Crippen LogP contribution in [0.5, 0.6) is 0 Å². The Balaban J connectivity index is 1.95. The molecule has 3 N–H and O–H groups in total. The number of guanidine groups is 1. The fraction of sp³-hybridized carbons (Fsp3) is 0.400. The molecule has 0 radical (unpaired) electrons. The number of aliphatic imine (C=N–C) groups is 1. The summed E-state index contributed by atoms with van der Waals surface area (Å²) < 4.78 is 2.18. The number of hydrogen-bond acceptors (Lipinski definition) is 5. The molecule has 1 aliphatic rings. The van der Waals surface area contributed by atoms with E-state index in [1.807, 2.05) is 6.20 Å². The Hall–Kier alpha value is -2.21. The monoisotopic (exact) mass is 369 g/mol. The fourth-order valence-electron chi connectivity index (χ4n) is 3.38. The number of benzene rings is 1. The van der Waals surface area contributed by atoms with E-state index in [0.717, 1.165) is 35.9 Å². The Labute approximate surface area is 159 Å². The molecule has 0 fully saturated rings. The summed E-state index contributed by atoms with van der Waals surface area (Å²) in [6, 6.07) is 8.67. The van der Waals surface area contributed by atoms with Gasteiger partial charge < -0.3 is 11.1 Å². The Kier molecular flexibility index (Phi) is 6.04. The highest BCUT2D eigenvalue weighted by molar-refractivity contribution is 7.97. The van der Waals surface area contributed by atoms with Gasteiger partial charge in [-0.05, 0) is 36.3 Å². The lowest BCUT2D eigenvalue weighted by Crippen LogP contribution is -2.34. The van der Waals surface area contributed by atoms with Crippen LogP contribution in [0, 0.1) is 0 Å². The predicted molar refractivity (Wildman–Crippen MR) is 111 cm³/mol. The maximum absolute atomic E-state index is 5.90. The van der Waals surface area contributed by atoms with Crippen molar-refractivity contribution in [3.8, 4) is 0 Å². The van der Waals surface area contributed by atoms with E-state index in [9.17, 15) is 0 Å². The third-order valence-corrected chi connectivity index (χ3v) is 5.24. The van der Waals surface area contributed by atoms with Crippen molar-refractivity contribution >= 4 is 23.5 Å². The second-order valence-electron chi connectivity index (χ2n) is 6.54. The second-order valence-corrected chi connectivity index (χ2v) is 7.41. The maximum atomic E-state index is 5.90. The van der Waals surface area contributed by atoms with Gasteiger partial charge in [0.05, 0.1) is 5.69 Å². The van der Waals surface area contributed by atoms with E-state index >= 15 is 0 Å². The summed E-state index contributed by atoms with van der Waals surface area (Å²) in [5.41, 5.74) is 9.86. The topological polar surface area (TPSA) is 68.2 Å². The number of nitrogens with zero attached hydrogens (tertiary/aromatic N) is 3. The number of aromatic nitrogens is 2. The van der Waals surface area contributed by atoms with Gasteiger partial charge in [-0.2, -0.15) is 16.8 Å². The minimum atomic E-state index is 0.283. The van der Waals surface area contributed by atoms with Crippen LogP contribution in [0.2, 0.25) is 0 Å². The van der Waals surface area contributed by atoms with Gasteiger partial charge in [0.1, 0.15) is 11.6 Å².